The first-order chi connectivity index (χ1) is 15.8. The highest BCUT2D eigenvalue weighted by Gasteiger charge is 2.51. The van der Waals surface area contributed by atoms with Crippen LogP contribution < -0.4 is 15.0 Å². The fraction of sp³-hybridized carbons (Fsp3) is 0.333. The molecule has 34 heavy (non-hydrogen) atoms. The normalized spacial score (nSPS) is 19.7. The van der Waals surface area contributed by atoms with Gasteiger partial charge in [-0.2, -0.15) is 13.2 Å². The largest absolute Gasteiger partial charge is 0.495 e. The molecule has 2 aromatic carbocycles. The number of halogens is 5. The standard InChI is InChI=1S/C24H21Cl2F3N2O3/c1-23(2)10-16-19(18(32)11-23)20(13-8-12(25)9-14(26)21(13)34-3)31(22(33)24(27,28)29)17-7-5-4-6-15(17)30-16/h4-9,20,30H,10-11H2,1-3H3/t20-/m0/s1. The minimum absolute atomic E-state index is 0.0277. The van der Waals surface area contributed by atoms with Crippen molar-refractivity contribution in [2.24, 2.45) is 5.41 Å². The third kappa shape index (κ3) is 4.25. The molecule has 2 aromatic rings. The molecule has 5 nitrogen and oxygen atoms in total. The van der Waals surface area contributed by atoms with Crippen LogP contribution in [0.15, 0.2) is 47.7 Å². The van der Waals surface area contributed by atoms with E-state index >= 15 is 0 Å². The zero-order valence-corrected chi connectivity index (χ0v) is 20.0. The summed E-state index contributed by atoms with van der Waals surface area (Å²) < 4.78 is 47.2. The molecule has 0 aromatic heterocycles. The smallest absolute Gasteiger partial charge is 0.471 e. The van der Waals surface area contributed by atoms with Crippen molar-refractivity contribution in [2.75, 3.05) is 17.3 Å². The average Bonchev–Trinajstić information content (AvgIpc) is 2.85. The summed E-state index contributed by atoms with van der Waals surface area (Å²) >= 11 is 12.5. The Morgan fingerprint density at radius 2 is 1.85 bits per heavy atom. The lowest BCUT2D eigenvalue weighted by atomic mass is 9.73. The summed E-state index contributed by atoms with van der Waals surface area (Å²) in [5.74, 6) is -2.48. The maximum Gasteiger partial charge on any atom is 0.471 e. The number of ether oxygens (including phenoxy) is 1. The van der Waals surface area contributed by atoms with E-state index in [1.807, 2.05) is 13.8 Å². The minimum Gasteiger partial charge on any atom is -0.495 e. The number of para-hydroxylation sites is 2. The van der Waals surface area contributed by atoms with Gasteiger partial charge in [-0.25, -0.2) is 0 Å². The predicted molar refractivity (Wildman–Crippen MR) is 124 cm³/mol. The molecule has 10 heteroatoms. The van der Waals surface area contributed by atoms with Gasteiger partial charge < -0.3 is 10.1 Å². The highest BCUT2D eigenvalue weighted by atomic mass is 35.5. The number of anilines is 2. The molecule has 0 bridgehead atoms. The first kappa shape index (κ1) is 24.4. The Balaban J connectivity index is 2.12. The van der Waals surface area contributed by atoms with Crippen molar-refractivity contribution >= 4 is 46.3 Å². The number of allylic oxidation sites excluding steroid dienone is 1. The number of nitrogens with zero attached hydrogens (tertiary/aromatic N) is 1. The Morgan fingerprint density at radius 3 is 2.50 bits per heavy atom. The van der Waals surface area contributed by atoms with Crippen LogP contribution in [0.25, 0.3) is 0 Å². The second-order valence-corrected chi connectivity index (χ2v) is 9.90. The summed E-state index contributed by atoms with van der Waals surface area (Å²) in [6.07, 6.45) is -4.75. The van der Waals surface area contributed by atoms with Crippen LogP contribution in [-0.2, 0) is 9.59 Å². The second kappa shape index (κ2) is 8.50. The van der Waals surface area contributed by atoms with E-state index in [-0.39, 0.29) is 50.5 Å². The van der Waals surface area contributed by atoms with Crippen LogP contribution in [0.1, 0.15) is 38.3 Å². The number of fused-ring (bicyclic) bond motifs is 1. The van der Waals surface area contributed by atoms with Crippen molar-refractivity contribution in [2.45, 2.75) is 38.9 Å². The lowest BCUT2D eigenvalue weighted by molar-refractivity contribution is -0.170. The van der Waals surface area contributed by atoms with E-state index in [1.54, 1.807) is 12.1 Å². The van der Waals surface area contributed by atoms with Crippen LogP contribution in [-0.4, -0.2) is 25.0 Å². The molecule has 1 amide bonds. The van der Waals surface area contributed by atoms with Crippen LogP contribution in [0.4, 0.5) is 24.5 Å². The van der Waals surface area contributed by atoms with Crippen molar-refractivity contribution < 1.29 is 27.5 Å². The maximum absolute atomic E-state index is 13.9. The van der Waals surface area contributed by atoms with E-state index in [1.165, 1.54) is 31.4 Å². The Bertz CT molecular complexity index is 1220. The van der Waals surface area contributed by atoms with Gasteiger partial charge in [0.2, 0.25) is 0 Å². The number of alkyl halides is 3. The zero-order chi connectivity index (χ0) is 25.0. The molecule has 1 aliphatic carbocycles. The Labute approximate surface area is 204 Å². The Kier molecular flexibility index (Phi) is 6.10. The molecule has 0 fully saturated rings. The van der Waals surface area contributed by atoms with E-state index in [0.29, 0.717) is 17.0 Å². The van der Waals surface area contributed by atoms with Gasteiger partial charge in [0.1, 0.15) is 5.75 Å². The number of hydrogen-bond donors (Lipinski definition) is 1. The molecular weight excluding hydrogens is 492 g/mol. The molecular formula is C24H21Cl2F3N2O3. The molecule has 1 N–H and O–H groups in total. The van der Waals surface area contributed by atoms with Crippen LogP contribution >= 0.6 is 23.2 Å². The van der Waals surface area contributed by atoms with Gasteiger partial charge in [0.25, 0.3) is 0 Å². The zero-order valence-electron chi connectivity index (χ0n) is 18.5. The van der Waals surface area contributed by atoms with Gasteiger partial charge in [-0.05, 0) is 36.1 Å². The van der Waals surface area contributed by atoms with Crippen LogP contribution in [0, 0.1) is 5.41 Å². The van der Waals surface area contributed by atoms with Gasteiger partial charge in [-0.1, -0.05) is 49.2 Å². The number of amides is 1. The van der Waals surface area contributed by atoms with Gasteiger partial charge >= 0.3 is 12.1 Å². The van der Waals surface area contributed by atoms with E-state index < -0.39 is 23.5 Å². The van der Waals surface area contributed by atoms with Gasteiger partial charge in [0.05, 0.1) is 29.5 Å². The minimum atomic E-state index is -5.22. The molecule has 0 saturated heterocycles. The van der Waals surface area contributed by atoms with Crippen LogP contribution in [0.3, 0.4) is 0 Å². The summed E-state index contributed by atoms with van der Waals surface area (Å²) in [7, 11) is 1.30. The average molecular weight is 513 g/mol. The number of rotatable bonds is 2. The molecule has 180 valence electrons. The molecule has 0 unspecified atom stereocenters. The predicted octanol–water partition coefficient (Wildman–Crippen LogP) is 6.71. The third-order valence-corrected chi connectivity index (χ3v) is 6.40. The summed E-state index contributed by atoms with van der Waals surface area (Å²) in [4.78, 5) is 27.0. The van der Waals surface area contributed by atoms with E-state index in [0.717, 1.165) is 0 Å². The van der Waals surface area contributed by atoms with Gasteiger partial charge in [-0.3, -0.25) is 14.5 Å². The summed E-state index contributed by atoms with van der Waals surface area (Å²) in [6.45, 7) is 3.80. The molecule has 0 radical (unpaired) electrons. The van der Waals surface area contributed by atoms with Gasteiger partial charge in [0, 0.05) is 28.3 Å². The SMILES string of the molecule is COc1c(Cl)cc(Cl)cc1[C@H]1C2=C(CC(C)(C)CC2=O)Nc2ccccc2N1C(=O)C(F)(F)F. The Hall–Kier alpha value is -2.71. The van der Waals surface area contributed by atoms with Crippen molar-refractivity contribution in [3.05, 3.63) is 63.3 Å². The lowest BCUT2D eigenvalue weighted by Crippen LogP contribution is -2.45. The number of Topliss-reactive ketones (excluding diaryl/α,β-unsaturated/α-hetero) is 1. The number of ketones is 1. The van der Waals surface area contributed by atoms with Crippen LogP contribution in [0.5, 0.6) is 5.75 Å². The first-order valence-electron chi connectivity index (χ1n) is 10.4. The summed E-state index contributed by atoms with van der Waals surface area (Å²) in [5, 5.41) is 3.30. The van der Waals surface area contributed by atoms with E-state index in [2.05, 4.69) is 5.32 Å². The maximum atomic E-state index is 13.9. The van der Waals surface area contributed by atoms with E-state index in [9.17, 15) is 22.8 Å². The third-order valence-electron chi connectivity index (χ3n) is 5.90. The molecule has 0 spiro atoms. The fourth-order valence-corrected chi connectivity index (χ4v) is 5.23. The molecule has 2 aliphatic rings. The number of benzene rings is 2. The lowest BCUT2D eigenvalue weighted by Gasteiger charge is -2.37. The molecule has 1 atom stereocenters. The number of methoxy groups -OCH3 is 1. The molecule has 1 heterocycles. The van der Waals surface area contributed by atoms with Gasteiger partial charge in [-0.15, -0.1) is 0 Å². The van der Waals surface area contributed by atoms with Gasteiger partial charge in [0.15, 0.2) is 5.78 Å². The van der Waals surface area contributed by atoms with Crippen LogP contribution in [0.2, 0.25) is 10.0 Å². The monoisotopic (exact) mass is 512 g/mol. The first-order valence-corrected chi connectivity index (χ1v) is 11.2. The fourth-order valence-electron chi connectivity index (χ4n) is 4.64. The van der Waals surface area contributed by atoms with E-state index in [4.69, 9.17) is 27.9 Å². The topological polar surface area (TPSA) is 58.6 Å². The molecule has 0 saturated carbocycles. The van der Waals surface area contributed by atoms with Crippen molar-refractivity contribution in [1.82, 2.24) is 0 Å². The number of carbonyl (C=O) groups is 2. The van der Waals surface area contributed by atoms with Crippen molar-refractivity contribution in [3.63, 3.8) is 0 Å². The summed E-state index contributed by atoms with van der Waals surface area (Å²) in [5.41, 5.74) is 0.359. The Morgan fingerprint density at radius 1 is 1.18 bits per heavy atom. The highest BCUT2D eigenvalue weighted by molar-refractivity contribution is 6.35. The van der Waals surface area contributed by atoms with Crippen molar-refractivity contribution in [1.29, 1.82) is 0 Å². The number of carbonyl (C=O) groups excluding carboxylic acids is 2. The summed E-state index contributed by atoms with van der Waals surface area (Å²) in [6, 6.07) is 7.39. The molecule has 1 aliphatic heterocycles. The second-order valence-electron chi connectivity index (χ2n) is 9.06. The van der Waals surface area contributed by atoms with Crippen molar-refractivity contribution in [3.8, 4) is 5.75 Å². The number of hydrogen-bond acceptors (Lipinski definition) is 4. The molecule has 4 rings (SSSR count). The number of nitrogens with one attached hydrogen (secondary N) is 1. The quantitative estimate of drug-likeness (QED) is 0.485. The highest BCUT2D eigenvalue weighted by Crippen LogP contribution is 2.51.